The van der Waals surface area contributed by atoms with Crippen molar-refractivity contribution in [3.63, 3.8) is 0 Å². The summed E-state index contributed by atoms with van der Waals surface area (Å²) in [4.78, 5) is 0. The summed E-state index contributed by atoms with van der Waals surface area (Å²) in [6.45, 7) is 6.01. The summed E-state index contributed by atoms with van der Waals surface area (Å²) >= 11 is 0. The number of nitrogens with one attached hydrogen (secondary N) is 1. The Balaban J connectivity index is 1.84. The molecular weight excluding hydrogens is 230 g/mol. The summed E-state index contributed by atoms with van der Waals surface area (Å²) in [5.41, 5.74) is 0. The number of ether oxygens (including phenoxy) is 1. The van der Waals surface area contributed by atoms with Gasteiger partial charge in [-0.1, -0.05) is 13.8 Å². The highest BCUT2D eigenvalue weighted by Crippen LogP contribution is 2.19. The molecule has 1 fully saturated rings. The molecule has 2 atom stereocenters. The second-order valence-electron chi connectivity index (χ2n) is 4.73. The zero-order valence-electron chi connectivity index (χ0n) is 11.3. The fourth-order valence-electron chi connectivity index (χ4n) is 2.32. The third kappa shape index (κ3) is 3.53. The highest BCUT2D eigenvalue weighted by atomic mass is 16.5. The third-order valence-electron chi connectivity index (χ3n) is 3.34. The highest BCUT2D eigenvalue weighted by Gasteiger charge is 2.19. The van der Waals surface area contributed by atoms with E-state index < -0.39 is 0 Å². The maximum atomic E-state index is 5.71. The van der Waals surface area contributed by atoms with Gasteiger partial charge in [-0.25, -0.2) is 0 Å². The van der Waals surface area contributed by atoms with E-state index in [0.717, 1.165) is 44.7 Å². The monoisotopic (exact) mass is 253 g/mol. The van der Waals surface area contributed by atoms with Crippen LogP contribution in [0.1, 0.15) is 57.4 Å². The van der Waals surface area contributed by atoms with Crippen molar-refractivity contribution in [1.82, 2.24) is 15.5 Å². The van der Waals surface area contributed by atoms with Gasteiger partial charge in [0, 0.05) is 13.0 Å². The molecule has 1 aliphatic rings. The predicted octanol–water partition coefficient (Wildman–Crippen LogP) is 2.24. The molecule has 0 aromatic carbocycles. The smallest absolute Gasteiger partial charge is 0.233 e. The van der Waals surface area contributed by atoms with Crippen molar-refractivity contribution in [3.05, 3.63) is 11.8 Å². The number of nitrogens with zero attached hydrogens (tertiary/aromatic N) is 2. The zero-order valence-corrected chi connectivity index (χ0v) is 11.3. The number of hydrogen-bond acceptors (Lipinski definition) is 5. The Morgan fingerprint density at radius 2 is 2.28 bits per heavy atom. The molecule has 5 nitrogen and oxygen atoms in total. The largest absolute Gasteiger partial charge is 0.424 e. The summed E-state index contributed by atoms with van der Waals surface area (Å²) < 4.78 is 11.3. The van der Waals surface area contributed by atoms with Crippen LogP contribution in [0.5, 0.6) is 0 Å². The van der Waals surface area contributed by atoms with E-state index in [2.05, 4.69) is 29.4 Å². The van der Waals surface area contributed by atoms with E-state index in [9.17, 15) is 0 Å². The van der Waals surface area contributed by atoms with Gasteiger partial charge in [-0.2, -0.15) is 0 Å². The lowest BCUT2D eigenvalue weighted by atomic mass is 10.1. The van der Waals surface area contributed by atoms with Gasteiger partial charge in [0.1, 0.15) is 0 Å². The zero-order chi connectivity index (χ0) is 12.8. The van der Waals surface area contributed by atoms with Gasteiger partial charge < -0.3 is 14.5 Å². The first-order chi connectivity index (χ1) is 8.83. The summed E-state index contributed by atoms with van der Waals surface area (Å²) in [7, 11) is 0. The average Bonchev–Trinajstić information content (AvgIpc) is 3.04. The van der Waals surface area contributed by atoms with Crippen molar-refractivity contribution >= 4 is 0 Å². The second-order valence-corrected chi connectivity index (χ2v) is 4.73. The molecule has 0 saturated carbocycles. The molecule has 1 aromatic heterocycles. The van der Waals surface area contributed by atoms with Crippen molar-refractivity contribution in [2.75, 3.05) is 13.2 Å². The number of rotatable bonds is 7. The molecule has 1 aliphatic heterocycles. The quantitative estimate of drug-likeness (QED) is 0.807. The molecule has 0 radical (unpaired) electrons. The Morgan fingerprint density at radius 1 is 1.39 bits per heavy atom. The normalized spacial score (nSPS) is 21.3. The second kappa shape index (κ2) is 6.85. The van der Waals surface area contributed by atoms with Gasteiger partial charge in [-0.05, 0) is 32.2 Å². The van der Waals surface area contributed by atoms with Gasteiger partial charge in [-0.3, -0.25) is 0 Å². The van der Waals surface area contributed by atoms with E-state index in [-0.39, 0.29) is 6.04 Å². The number of hydrogen-bond donors (Lipinski definition) is 1. The predicted molar refractivity (Wildman–Crippen MR) is 68.3 cm³/mol. The first-order valence-corrected chi connectivity index (χ1v) is 7.00. The SMILES string of the molecule is CCNC(CC)c1nnc(CCC2CCCO2)o1. The molecule has 2 rings (SSSR count). The molecule has 0 aliphatic carbocycles. The topological polar surface area (TPSA) is 60.2 Å². The molecule has 1 saturated heterocycles. The lowest BCUT2D eigenvalue weighted by Gasteiger charge is -2.10. The van der Waals surface area contributed by atoms with Crippen molar-refractivity contribution in [2.45, 2.75) is 58.1 Å². The van der Waals surface area contributed by atoms with Crippen LogP contribution < -0.4 is 5.32 Å². The molecule has 0 amide bonds. The summed E-state index contributed by atoms with van der Waals surface area (Å²) in [5.74, 6) is 1.44. The van der Waals surface area contributed by atoms with Gasteiger partial charge >= 0.3 is 0 Å². The summed E-state index contributed by atoms with van der Waals surface area (Å²) in [5, 5.41) is 11.6. The lowest BCUT2D eigenvalue weighted by molar-refractivity contribution is 0.103. The summed E-state index contributed by atoms with van der Waals surface area (Å²) in [6.07, 6.45) is 5.49. The van der Waals surface area contributed by atoms with E-state index in [4.69, 9.17) is 9.15 Å². The van der Waals surface area contributed by atoms with E-state index in [1.54, 1.807) is 0 Å². The van der Waals surface area contributed by atoms with E-state index in [1.807, 2.05) is 0 Å². The Labute approximate surface area is 108 Å². The first-order valence-electron chi connectivity index (χ1n) is 7.00. The Bertz CT molecular complexity index is 348. The minimum Gasteiger partial charge on any atom is -0.424 e. The fourth-order valence-corrected chi connectivity index (χ4v) is 2.32. The van der Waals surface area contributed by atoms with Crippen molar-refractivity contribution < 1.29 is 9.15 Å². The van der Waals surface area contributed by atoms with Gasteiger partial charge in [0.25, 0.3) is 0 Å². The molecule has 2 unspecified atom stereocenters. The third-order valence-corrected chi connectivity index (χ3v) is 3.34. The molecule has 2 heterocycles. The first kappa shape index (κ1) is 13.5. The maximum absolute atomic E-state index is 5.71. The van der Waals surface area contributed by atoms with Crippen LogP contribution in [-0.2, 0) is 11.2 Å². The van der Waals surface area contributed by atoms with Crippen molar-refractivity contribution in [2.24, 2.45) is 0 Å². The molecule has 1 aromatic rings. The molecular formula is C13H23N3O2. The maximum Gasteiger partial charge on any atom is 0.233 e. The van der Waals surface area contributed by atoms with Crippen LogP contribution in [0.3, 0.4) is 0 Å². The fraction of sp³-hybridized carbons (Fsp3) is 0.846. The molecule has 0 bridgehead atoms. The minimum absolute atomic E-state index is 0.180. The Hall–Kier alpha value is -0.940. The van der Waals surface area contributed by atoms with Crippen molar-refractivity contribution in [3.8, 4) is 0 Å². The van der Waals surface area contributed by atoms with Gasteiger partial charge in [0.2, 0.25) is 11.8 Å². The standard InChI is InChI=1S/C13H23N3O2/c1-3-11(14-4-2)13-16-15-12(18-13)8-7-10-6-5-9-17-10/h10-11,14H,3-9H2,1-2H3. The molecule has 5 heteroatoms. The highest BCUT2D eigenvalue weighted by molar-refractivity contribution is 4.90. The molecule has 102 valence electrons. The molecule has 0 spiro atoms. The molecule has 1 N–H and O–H groups in total. The average molecular weight is 253 g/mol. The van der Waals surface area contributed by atoms with Crippen LogP contribution >= 0.6 is 0 Å². The minimum atomic E-state index is 0.180. The Morgan fingerprint density at radius 3 is 2.94 bits per heavy atom. The van der Waals surface area contributed by atoms with E-state index in [1.165, 1.54) is 6.42 Å². The van der Waals surface area contributed by atoms with Gasteiger partial charge in [-0.15, -0.1) is 10.2 Å². The van der Waals surface area contributed by atoms with E-state index >= 15 is 0 Å². The van der Waals surface area contributed by atoms with Crippen LogP contribution in [0.2, 0.25) is 0 Å². The van der Waals surface area contributed by atoms with Gasteiger partial charge in [0.05, 0.1) is 12.1 Å². The van der Waals surface area contributed by atoms with E-state index in [0.29, 0.717) is 12.0 Å². The van der Waals surface area contributed by atoms with Crippen LogP contribution in [0.4, 0.5) is 0 Å². The lowest BCUT2D eigenvalue weighted by Crippen LogP contribution is -2.20. The van der Waals surface area contributed by atoms with Crippen molar-refractivity contribution in [1.29, 1.82) is 0 Å². The summed E-state index contributed by atoms with van der Waals surface area (Å²) in [6, 6.07) is 0.180. The van der Waals surface area contributed by atoms with Crippen LogP contribution in [-0.4, -0.2) is 29.5 Å². The van der Waals surface area contributed by atoms with Crippen LogP contribution in [0, 0.1) is 0 Å². The molecule has 18 heavy (non-hydrogen) atoms. The van der Waals surface area contributed by atoms with Crippen LogP contribution in [0.25, 0.3) is 0 Å². The van der Waals surface area contributed by atoms with Crippen LogP contribution in [0.15, 0.2) is 4.42 Å². The van der Waals surface area contributed by atoms with Gasteiger partial charge in [0.15, 0.2) is 0 Å². The Kier molecular flexibility index (Phi) is 5.13. The number of aryl methyl sites for hydroxylation is 1. The number of aromatic nitrogens is 2.